The van der Waals surface area contributed by atoms with E-state index >= 15 is 0 Å². The van der Waals surface area contributed by atoms with Gasteiger partial charge in [-0.2, -0.15) is 0 Å². The van der Waals surface area contributed by atoms with E-state index in [9.17, 15) is 0 Å². The van der Waals surface area contributed by atoms with E-state index in [1.54, 1.807) is 5.57 Å². The SMILES string of the molecule is C/C=C1/CC(C)CCC1(C)C1CCC2(C)C(C(C)CCCC(C)C)CCC2C1C.CC.CC=O. The molecule has 3 saturated carbocycles. The molecule has 0 N–H and O–H groups in total. The summed E-state index contributed by atoms with van der Waals surface area (Å²) in [6, 6.07) is 0. The number of rotatable bonds is 6. The summed E-state index contributed by atoms with van der Waals surface area (Å²) in [4.78, 5) is 8.81. The van der Waals surface area contributed by atoms with Crippen LogP contribution in [0.15, 0.2) is 11.6 Å². The van der Waals surface area contributed by atoms with Gasteiger partial charge in [0.15, 0.2) is 0 Å². The molecule has 0 saturated heterocycles. The van der Waals surface area contributed by atoms with Crippen LogP contribution in [0, 0.1) is 52.3 Å². The molecule has 0 spiro atoms. The number of carbonyl (C=O) groups excluding carboxylic acids is 1. The summed E-state index contributed by atoms with van der Waals surface area (Å²) >= 11 is 0. The Morgan fingerprint density at radius 2 is 1.53 bits per heavy atom. The van der Waals surface area contributed by atoms with Crippen LogP contribution in [-0.2, 0) is 4.79 Å². The van der Waals surface area contributed by atoms with Gasteiger partial charge in [-0.05, 0) is 111 Å². The van der Waals surface area contributed by atoms with Crippen LogP contribution in [-0.4, -0.2) is 6.29 Å². The van der Waals surface area contributed by atoms with Gasteiger partial charge in [0.2, 0.25) is 0 Å². The molecule has 0 heterocycles. The van der Waals surface area contributed by atoms with Crippen molar-refractivity contribution in [2.75, 3.05) is 0 Å². The third-order valence-corrected chi connectivity index (χ3v) is 10.5. The number of hydrogen-bond donors (Lipinski definition) is 0. The van der Waals surface area contributed by atoms with Crippen LogP contribution in [0.1, 0.15) is 140 Å². The number of carbonyl (C=O) groups is 1. The summed E-state index contributed by atoms with van der Waals surface area (Å²) in [5, 5.41) is 0. The van der Waals surface area contributed by atoms with E-state index in [1.165, 1.54) is 71.1 Å². The van der Waals surface area contributed by atoms with E-state index in [-0.39, 0.29) is 0 Å². The molecule has 0 aromatic rings. The van der Waals surface area contributed by atoms with Gasteiger partial charge in [0.25, 0.3) is 0 Å². The smallest absolute Gasteiger partial charge is 0.116 e. The molecule has 0 aromatic carbocycles. The Morgan fingerprint density at radius 3 is 2.09 bits per heavy atom. The van der Waals surface area contributed by atoms with Crippen LogP contribution in [0.25, 0.3) is 0 Å². The predicted octanol–water partition coefficient (Wildman–Crippen LogP) is 10.5. The first-order valence-electron chi connectivity index (χ1n) is 15.1. The Hall–Kier alpha value is -0.590. The molecular weight excluding hydrogens is 412 g/mol. The maximum absolute atomic E-state index is 8.81. The summed E-state index contributed by atoms with van der Waals surface area (Å²) in [5.74, 6) is 6.43. The topological polar surface area (TPSA) is 17.1 Å². The predicted molar refractivity (Wildman–Crippen MR) is 152 cm³/mol. The fourth-order valence-electron chi connectivity index (χ4n) is 8.71. The number of hydrogen-bond acceptors (Lipinski definition) is 1. The van der Waals surface area contributed by atoms with Gasteiger partial charge in [-0.1, -0.05) is 93.2 Å². The quantitative estimate of drug-likeness (QED) is 0.276. The van der Waals surface area contributed by atoms with Crippen molar-refractivity contribution in [2.24, 2.45) is 52.3 Å². The average Bonchev–Trinajstić information content (AvgIpc) is 3.15. The van der Waals surface area contributed by atoms with E-state index in [0.29, 0.717) is 10.8 Å². The lowest BCUT2D eigenvalue weighted by Crippen LogP contribution is -2.48. The van der Waals surface area contributed by atoms with Crippen LogP contribution >= 0.6 is 0 Å². The molecule has 3 aliphatic carbocycles. The third kappa shape index (κ3) is 7.00. The van der Waals surface area contributed by atoms with Crippen molar-refractivity contribution in [3.05, 3.63) is 11.6 Å². The fourth-order valence-corrected chi connectivity index (χ4v) is 8.71. The number of fused-ring (bicyclic) bond motifs is 1. The molecule has 3 rings (SSSR count). The van der Waals surface area contributed by atoms with Crippen molar-refractivity contribution in [2.45, 2.75) is 140 Å². The molecule has 8 atom stereocenters. The van der Waals surface area contributed by atoms with Crippen molar-refractivity contribution in [1.29, 1.82) is 0 Å². The van der Waals surface area contributed by atoms with E-state index < -0.39 is 0 Å². The van der Waals surface area contributed by atoms with Crippen LogP contribution in [0.4, 0.5) is 0 Å². The highest BCUT2D eigenvalue weighted by Crippen LogP contribution is 2.65. The maximum Gasteiger partial charge on any atom is 0.116 e. The zero-order chi connectivity index (χ0) is 26.1. The molecule has 34 heavy (non-hydrogen) atoms. The average molecular weight is 475 g/mol. The molecule has 0 radical (unpaired) electrons. The lowest BCUT2D eigenvalue weighted by Gasteiger charge is -2.56. The van der Waals surface area contributed by atoms with Crippen LogP contribution in [0.3, 0.4) is 0 Å². The van der Waals surface area contributed by atoms with Gasteiger partial charge in [-0.3, -0.25) is 0 Å². The molecule has 3 aliphatic rings. The zero-order valence-corrected chi connectivity index (χ0v) is 25.2. The van der Waals surface area contributed by atoms with Gasteiger partial charge in [-0.25, -0.2) is 0 Å². The highest BCUT2D eigenvalue weighted by atomic mass is 16.1. The summed E-state index contributed by atoms with van der Waals surface area (Å²) in [5.41, 5.74) is 2.89. The molecule has 3 fully saturated rings. The molecule has 0 bridgehead atoms. The largest absolute Gasteiger partial charge is 0.304 e. The molecule has 200 valence electrons. The Labute approximate surface area is 215 Å². The molecule has 0 aliphatic heterocycles. The Bertz CT molecular complexity index is 618. The van der Waals surface area contributed by atoms with Crippen molar-refractivity contribution >= 4 is 6.29 Å². The first kappa shape index (κ1) is 31.4. The molecule has 0 amide bonds. The first-order chi connectivity index (χ1) is 16.0. The van der Waals surface area contributed by atoms with E-state index in [2.05, 4.69) is 61.5 Å². The molecule has 0 aromatic heterocycles. The second-order valence-electron chi connectivity index (χ2n) is 12.9. The second kappa shape index (κ2) is 14.2. The number of aldehydes is 1. The molecule has 1 nitrogen and oxygen atoms in total. The molecule has 1 heteroatoms. The number of allylic oxidation sites excluding steroid dienone is 2. The van der Waals surface area contributed by atoms with E-state index in [0.717, 1.165) is 47.7 Å². The molecular formula is C33H62O. The normalized spacial score (nSPS) is 39.4. The van der Waals surface area contributed by atoms with Gasteiger partial charge in [0.1, 0.15) is 6.29 Å². The Kier molecular flexibility index (Phi) is 13.2. The van der Waals surface area contributed by atoms with Gasteiger partial charge in [0.05, 0.1) is 0 Å². The standard InChI is InChI=1S/C29H52.C2H4O.C2H6/c1-9-24-19-21(4)15-17-28(24,7)27-16-18-29(8)25(13-14-26(29)23(27)6)22(5)12-10-11-20(2)3;1-2-3;1-2/h9,20-23,25-27H,10-19H2,1-8H3;2H,1H3;1-2H3/b24-9-;;. The van der Waals surface area contributed by atoms with Gasteiger partial charge >= 0.3 is 0 Å². The van der Waals surface area contributed by atoms with Crippen LogP contribution in [0.2, 0.25) is 0 Å². The Morgan fingerprint density at radius 1 is 0.912 bits per heavy atom. The molecule has 8 unspecified atom stereocenters. The summed E-state index contributed by atoms with van der Waals surface area (Å²) in [7, 11) is 0. The summed E-state index contributed by atoms with van der Waals surface area (Å²) in [6.45, 7) is 25.6. The highest BCUT2D eigenvalue weighted by Gasteiger charge is 2.56. The zero-order valence-electron chi connectivity index (χ0n) is 25.2. The summed E-state index contributed by atoms with van der Waals surface area (Å²) < 4.78 is 0. The second-order valence-corrected chi connectivity index (χ2v) is 12.9. The van der Waals surface area contributed by atoms with Gasteiger partial charge < -0.3 is 4.79 Å². The van der Waals surface area contributed by atoms with E-state index in [4.69, 9.17) is 4.79 Å². The van der Waals surface area contributed by atoms with Crippen LogP contribution < -0.4 is 0 Å². The lowest BCUT2D eigenvalue weighted by atomic mass is 9.49. The van der Waals surface area contributed by atoms with Crippen molar-refractivity contribution < 1.29 is 4.79 Å². The van der Waals surface area contributed by atoms with Crippen molar-refractivity contribution in [1.82, 2.24) is 0 Å². The maximum atomic E-state index is 8.81. The highest BCUT2D eigenvalue weighted by molar-refractivity contribution is 5.44. The first-order valence-corrected chi connectivity index (χ1v) is 15.1. The monoisotopic (exact) mass is 474 g/mol. The van der Waals surface area contributed by atoms with Crippen molar-refractivity contribution in [3.8, 4) is 0 Å². The minimum atomic E-state index is 0.475. The van der Waals surface area contributed by atoms with E-state index in [1.807, 2.05) is 13.8 Å². The van der Waals surface area contributed by atoms with Crippen molar-refractivity contribution in [3.63, 3.8) is 0 Å². The van der Waals surface area contributed by atoms with Crippen LogP contribution in [0.5, 0.6) is 0 Å². The van der Waals surface area contributed by atoms with Gasteiger partial charge in [-0.15, -0.1) is 0 Å². The summed E-state index contributed by atoms with van der Waals surface area (Å²) in [6.07, 6.45) is 17.8. The Balaban J connectivity index is 0.00000107. The lowest BCUT2D eigenvalue weighted by molar-refractivity contribution is -0.106. The fraction of sp³-hybridized carbons (Fsp3) is 0.909. The van der Waals surface area contributed by atoms with Gasteiger partial charge in [0, 0.05) is 0 Å². The minimum Gasteiger partial charge on any atom is -0.304 e. The third-order valence-electron chi connectivity index (χ3n) is 10.5. The minimum absolute atomic E-state index is 0.475.